The summed E-state index contributed by atoms with van der Waals surface area (Å²) < 4.78 is 16.5. The lowest BCUT2D eigenvalue weighted by molar-refractivity contribution is -0.137. The molecule has 0 fully saturated rings. The number of rotatable bonds is 7. The molecule has 0 saturated carbocycles. The molecule has 5 nitrogen and oxygen atoms in total. The van der Waals surface area contributed by atoms with Crippen LogP contribution in [0.15, 0.2) is 36.4 Å². The van der Waals surface area contributed by atoms with Gasteiger partial charge in [-0.1, -0.05) is 18.2 Å². The molecule has 0 aliphatic carbocycles. The minimum absolute atomic E-state index is 0.0827. The molecule has 140 valence electrons. The largest absolute Gasteiger partial charge is 0.493 e. The summed E-state index contributed by atoms with van der Waals surface area (Å²) >= 11 is 0. The van der Waals surface area contributed by atoms with Gasteiger partial charge in [0.25, 0.3) is 5.91 Å². The van der Waals surface area contributed by atoms with Crippen molar-refractivity contribution < 1.29 is 19.0 Å². The van der Waals surface area contributed by atoms with Gasteiger partial charge in [0.1, 0.15) is 5.75 Å². The summed E-state index contributed by atoms with van der Waals surface area (Å²) in [4.78, 5) is 14.3. The zero-order valence-electron chi connectivity index (χ0n) is 16.3. The maximum absolute atomic E-state index is 12.7. The second-order valence-corrected chi connectivity index (χ2v) is 6.34. The van der Waals surface area contributed by atoms with Gasteiger partial charge in [0, 0.05) is 13.6 Å². The van der Waals surface area contributed by atoms with Crippen molar-refractivity contribution in [2.75, 3.05) is 21.3 Å². The van der Waals surface area contributed by atoms with Crippen molar-refractivity contribution in [3.8, 4) is 17.2 Å². The number of hydrogen-bond donors (Lipinski definition) is 0. The fourth-order valence-corrected chi connectivity index (χ4v) is 2.73. The summed E-state index contributed by atoms with van der Waals surface area (Å²) in [5, 5.41) is 0. The molecule has 2 aromatic rings. The average molecular weight is 357 g/mol. The molecule has 0 spiro atoms. The van der Waals surface area contributed by atoms with Crippen molar-refractivity contribution in [2.45, 2.75) is 33.4 Å². The van der Waals surface area contributed by atoms with Crippen LogP contribution in [-0.2, 0) is 11.3 Å². The number of ether oxygens (including phenoxy) is 3. The molecular formula is C21H27NO4. The van der Waals surface area contributed by atoms with E-state index in [1.54, 1.807) is 33.1 Å². The third-order valence-corrected chi connectivity index (χ3v) is 4.45. The predicted molar refractivity (Wildman–Crippen MR) is 102 cm³/mol. The Balaban J connectivity index is 2.05. The van der Waals surface area contributed by atoms with Crippen LogP contribution in [0.3, 0.4) is 0 Å². The fourth-order valence-electron chi connectivity index (χ4n) is 2.73. The van der Waals surface area contributed by atoms with Crippen LogP contribution in [0.5, 0.6) is 17.2 Å². The van der Waals surface area contributed by atoms with E-state index in [9.17, 15) is 4.79 Å². The molecule has 2 rings (SSSR count). The minimum atomic E-state index is -0.569. The Morgan fingerprint density at radius 1 is 1.04 bits per heavy atom. The number of carbonyl (C=O) groups excluding carboxylic acids is 1. The minimum Gasteiger partial charge on any atom is -0.493 e. The van der Waals surface area contributed by atoms with Gasteiger partial charge in [0.15, 0.2) is 17.6 Å². The summed E-state index contributed by atoms with van der Waals surface area (Å²) in [6.45, 7) is 6.25. The molecule has 1 atom stereocenters. The Labute approximate surface area is 155 Å². The van der Waals surface area contributed by atoms with Crippen molar-refractivity contribution >= 4 is 5.91 Å². The normalized spacial score (nSPS) is 11.6. The van der Waals surface area contributed by atoms with Gasteiger partial charge in [-0.25, -0.2) is 0 Å². The van der Waals surface area contributed by atoms with E-state index in [1.165, 1.54) is 0 Å². The Kier molecular flexibility index (Phi) is 6.50. The van der Waals surface area contributed by atoms with Crippen molar-refractivity contribution in [3.05, 3.63) is 53.1 Å². The van der Waals surface area contributed by atoms with Crippen LogP contribution >= 0.6 is 0 Å². The monoisotopic (exact) mass is 357 g/mol. The van der Waals surface area contributed by atoms with E-state index in [0.29, 0.717) is 18.0 Å². The second-order valence-electron chi connectivity index (χ2n) is 6.34. The number of carbonyl (C=O) groups is 1. The molecule has 0 bridgehead atoms. The van der Waals surface area contributed by atoms with Crippen LogP contribution in [-0.4, -0.2) is 38.2 Å². The average Bonchev–Trinajstić information content (AvgIpc) is 2.64. The lowest BCUT2D eigenvalue weighted by Gasteiger charge is -2.23. The maximum Gasteiger partial charge on any atom is 0.263 e. The standard InChI is InChI=1S/C21H27NO4/c1-14-8-7-9-18(15(14)2)26-16(3)21(23)22(4)13-17-10-11-19(24-5)20(12-17)25-6/h7-12,16H,13H2,1-6H3/t16-/m0/s1. The van der Waals surface area contributed by atoms with Crippen molar-refractivity contribution in [3.63, 3.8) is 0 Å². The first-order valence-corrected chi connectivity index (χ1v) is 8.56. The Hall–Kier alpha value is -2.69. The molecule has 2 aromatic carbocycles. The molecule has 5 heteroatoms. The molecule has 26 heavy (non-hydrogen) atoms. The van der Waals surface area contributed by atoms with Crippen LogP contribution in [0.2, 0.25) is 0 Å². The van der Waals surface area contributed by atoms with Crippen LogP contribution in [0, 0.1) is 13.8 Å². The summed E-state index contributed by atoms with van der Waals surface area (Å²) in [6.07, 6.45) is -0.569. The summed E-state index contributed by atoms with van der Waals surface area (Å²) in [5.74, 6) is 1.97. The van der Waals surface area contributed by atoms with Crippen molar-refractivity contribution in [1.82, 2.24) is 4.90 Å². The zero-order valence-corrected chi connectivity index (χ0v) is 16.3. The highest BCUT2D eigenvalue weighted by atomic mass is 16.5. The number of benzene rings is 2. The second kappa shape index (κ2) is 8.61. The van der Waals surface area contributed by atoms with Crippen molar-refractivity contribution in [1.29, 1.82) is 0 Å². The highest BCUT2D eigenvalue weighted by Crippen LogP contribution is 2.28. The van der Waals surface area contributed by atoms with E-state index < -0.39 is 6.10 Å². The summed E-state index contributed by atoms with van der Waals surface area (Å²) in [5.41, 5.74) is 3.15. The van der Waals surface area contributed by atoms with Crippen LogP contribution in [0.1, 0.15) is 23.6 Å². The van der Waals surface area contributed by atoms with Crippen LogP contribution in [0.4, 0.5) is 0 Å². The van der Waals surface area contributed by atoms with Gasteiger partial charge >= 0.3 is 0 Å². The quantitative estimate of drug-likeness (QED) is 0.757. The van der Waals surface area contributed by atoms with Gasteiger partial charge in [-0.15, -0.1) is 0 Å². The molecule has 0 radical (unpaired) electrons. The molecule has 1 amide bonds. The molecule has 0 unspecified atom stereocenters. The fraction of sp³-hybridized carbons (Fsp3) is 0.381. The summed E-state index contributed by atoms with van der Waals surface area (Å²) in [6, 6.07) is 11.5. The topological polar surface area (TPSA) is 48.0 Å². The number of nitrogens with zero attached hydrogens (tertiary/aromatic N) is 1. The van der Waals surface area contributed by atoms with Crippen LogP contribution < -0.4 is 14.2 Å². The van der Waals surface area contributed by atoms with Gasteiger partial charge in [-0.3, -0.25) is 4.79 Å². The van der Waals surface area contributed by atoms with E-state index in [0.717, 1.165) is 22.4 Å². The highest BCUT2D eigenvalue weighted by Gasteiger charge is 2.20. The smallest absolute Gasteiger partial charge is 0.263 e. The Morgan fingerprint density at radius 3 is 2.38 bits per heavy atom. The predicted octanol–water partition coefficient (Wildman–Crippen LogP) is 3.75. The van der Waals surface area contributed by atoms with Gasteiger partial charge in [-0.05, 0) is 55.7 Å². The third kappa shape index (κ3) is 4.48. The zero-order chi connectivity index (χ0) is 19.3. The van der Waals surface area contributed by atoms with E-state index in [1.807, 2.05) is 50.2 Å². The molecule has 0 aromatic heterocycles. The van der Waals surface area contributed by atoms with Crippen molar-refractivity contribution in [2.24, 2.45) is 0 Å². The van der Waals surface area contributed by atoms with Gasteiger partial charge in [0.05, 0.1) is 14.2 Å². The first kappa shape index (κ1) is 19.6. The van der Waals surface area contributed by atoms with Gasteiger partial charge < -0.3 is 19.1 Å². The van der Waals surface area contributed by atoms with Gasteiger partial charge in [0.2, 0.25) is 0 Å². The number of aryl methyl sites for hydroxylation is 1. The first-order valence-electron chi connectivity index (χ1n) is 8.56. The first-order chi connectivity index (χ1) is 12.4. The third-order valence-electron chi connectivity index (χ3n) is 4.45. The number of amides is 1. The Morgan fingerprint density at radius 2 is 1.73 bits per heavy atom. The number of likely N-dealkylation sites (N-methyl/N-ethyl adjacent to an activating group) is 1. The number of hydrogen-bond acceptors (Lipinski definition) is 4. The van der Waals surface area contributed by atoms with E-state index in [2.05, 4.69) is 0 Å². The molecule has 0 aliphatic rings. The lowest BCUT2D eigenvalue weighted by Crippen LogP contribution is -2.37. The summed E-state index contributed by atoms with van der Waals surface area (Å²) in [7, 11) is 4.96. The van der Waals surface area contributed by atoms with Crippen LogP contribution in [0.25, 0.3) is 0 Å². The molecule has 0 aliphatic heterocycles. The highest BCUT2D eigenvalue weighted by molar-refractivity contribution is 5.80. The van der Waals surface area contributed by atoms with Gasteiger partial charge in [-0.2, -0.15) is 0 Å². The molecule has 0 N–H and O–H groups in total. The lowest BCUT2D eigenvalue weighted by atomic mass is 10.1. The number of methoxy groups -OCH3 is 2. The molecule has 0 saturated heterocycles. The SMILES string of the molecule is COc1ccc(CN(C)C(=O)[C@H](C)Oc2cccc(C)c2C)cc1OC. The molecule has 0 heterocycles. The van der Waals surface area contributed by atoms with E-state index in [4.69, 9.17) is 14.2 Å². The molecular weight excluding hydrogens is 330 g/mol. The Bertz CT molecular complexity index is 773. The van der Waals surface area contributed by atoms with E-state index in [-0.39, 0.29) is 5.91 Å². The maximum atomic E-state index is 12.7. The van der Waals surface area contributed by atoms with E-state index >= 15 is 0 Å².